The summed E-state index contributed by atoms with van der Waals surface area (Å²) in [6, 6.07) is 0. The molecule has 20 heavy (non-hydrogen) atoms. The Labute approximate surface area is 121 Å². The standard InChI is InChI=1S/C15H26N4O/c1-2-3-9-19-11-7-17-15(19)13-5-4-8-18(12-13)10-6-14(16)20/h7,11,13H,2-6,8-10,12H2,1H3,(H2,16,20)/t13-/m1/s1. The quantitative estimate of drug-likeness (QED) is 0.826. The number of unbranched alkanes of at least 4 members (excludes halogenated alkanes) is 1. The first-order valence-electron chi connectivity index (χ1n) is 7.72. The molecule has 0 aliphatic carbocycles. The lowest BCUT2D eigenvalue weighted by molar-refractivity contribution is -0.118. The Morgan fingerprint density at radius 2 is 2.35 bits per heavy atom. The first-order valence-corrected chi connectivity index (χ1v) is 7.72. The SMILES string of the molecule is CCCCn1ccnc1[C@@H]1CCCN(CCC(N)=O)C1. The zero-order chi connectivity index (χ0) is 14.4. The average Bonchev–Trinajstić information content (AvgIpc) is 2.91. The molecule has 112 valence electrons. The lowest BCUT2D eigenvalue weighted by Crippen LogP contribution is -2.37. The van der Waals surface area contributed by atoms with E-state index in [0.29, 0.717) is 12.3 Å². The minimum atomic E-state index is -0.212. The zero-order valence-corrected chi connectivity index (χ0v) is 12.4. The van der Waals surface area contributed by atoms with Gasteiger partial charge in [-0.3, -0.25) is 4.79 Å². The van der Waals surface area contributed by atoms with Crippen LogP contribution >= 0.6 is 0 Å². The largest absolute Gasteiger partial charge is 0.370 e. The van der Waals surface area contributed by atoms with Gasteiger partial charge in [0.2, 0.25) is 5.91 Å². The van der Waals surface area contributed by atoms with Crippen LogP contribution in [0.5, 0.6) is 0 Å². The van der Waals surface area contributed by atoms with Gasteiger partial charge in [0, 0.05) is 44.4 Å². The smallest absolute Gasteiger partial charge is 0.218 e. The minimum absolute atomic E-state index is 0.212. The summed E-state index contributed by atoms with van der Waals surface area (Å²) in [7, 11) is 0. The van der Waals surface area contributed by atoms with Crippen molar-refractivity contribution >= 4 is 5.91 Å². The second-order valence-electron chi connectivity index (χ2n) is 5.69. The van der Waals surface area contributed by atoms with Crippen molar-refractivity contribution in [3.05, 3.63) is 18.2 Å². The Bertz CT molecular complexity index is 429. The highest BCUT2D eigenvalue weighted by molar-refractivity contribution is 5.73. The summed E-state index contributed by atoms with van der Waals surface area (Å²) in [5.74, 6) is 1.49. The van der Waals surface area contributed by atoms with E-state index >= 15 is 0 Å². The molecule has 0 spiro atoms. The van der Waals surface area contributed by atoms with Gasteiger partial charge in [0.15, 0.2) is 0 Å². The number of nitrogens with zero attached hydrogens (tertiary/aromatic N) is 3. The molecule has 2 heterocycles. The Kier molecular flexibility index (Phi) is 5.59. The van der Waals surface area contributed by atoms with E-state index in [2.05, 4.69) is 27.6 Å². The monoisotopic (exact) mass is 278 g/mol. The van der Waals surface area contributed by atoms with Crippen molar-refractivity contribution in [3.8, 4) is 0 Å². The minimum Gasteiger partial charge on any atom is -0.370 e. The van der Waals surface area contributed by atoms with Gasteiger partial charge in [0.05, 0.1) is 0 Å². The molecule has 0 bridgehead atoms. The second-order valence-corrected chi connectivity index (χ2v) is 5.69. The summed E-state index contributed by atoms with van der Waals surface area (Å²) >= 11 is 0. The lowest BCUT2D eigenvalue weighted by Gasteiger charge is -2.32. The van der Waals surface area contributed by atoms with Crippen LogP contribution in [0.4, 0.5) is 0 Å². The van der Waals surface area contributed by atoms with Crippen molar-refractivity contribution < 1.29 is 4.79 Å². The zero-order valence-electron chi connectivity index (χ0n) is 12.4. The second kappa shape index (κ2) is 7.43. The third-order valence-electron chi connectivity index (χ3n) is 4.05. The highest BCUT2D eigenvalue weighted by atomic mass is 16.1. The molecule has 1 aliphatic heterocycles. The molecule has 1 aromatic heterocycles. The average molecular weight is 278 g/mol. The van der Waals surface area contributed by atoms with Gasteiger partial charge in [0.1, 0.15) is 5.82 Å². The van der Waals surface area contributed by atoms with E-state index in [1.54, 1.807) is 0 Å². The van der Waals surface area contributed by atoms with Gasteiger partial charge >= 0.3 is 0 Å². The number of aryl methyl sites for hydroxylation is 1. The number of nitrogens with two attached hydrogens (primary N) is 1. The molecule has 5 nitrogen and oxygen atoms in total. The van der Waals surface area contributed by atoms with Crippen molar-refractivity contribution in [2.75, 3.05) is 19.6 Å². The number of rotatable bonds is 7. The number of primary amides is 1. The first-order chi connectivity index (χ1) is 9.70. The molecule has 0 saturated carbocycles. The molecule has 1 fully saturated rings. The van der Waals surface area contributed by atoms with E-state index in [4.69, 9.17) is 5.73 Å². The summed E-state index contributed by atoms with van der Waals surface area (Å²) in [6.45, 7) is 6.11. The van der Waals surface area contributed by atoms with Crippen LogP contribution in [0.1, 0.15) is 50.8 Å². The number of imidazole rings is 1. The van der Waals surface area contributed by atoms with E-state index in [1.807, 2.05) is 6.20 Å². The predicted molar refractivity (Wildman–Crippen MR) is 79.4 cm³/mol. The fraction of sp³-hybridized carbons (Fsp3) is 0.733. The molecule has 0 aromatic carbocycles. The molecule has 1 saturated heterocycles. The lowest BCUT2D eigenvalue weighted by atomic mass is 9.97. The van der Waals surface area contributed by atoms with Gasteiger partial charge < -0.3 is 15.2 Å². The Balaban J connectivity index is 1.94. The third kappa shape index (κ3) is 4.07. The Morgan fingerprint density at radius 1 is 1.50 bits per heavy atom. The van der Waals surface area contributed by atoms with Crippen molar-refractivity contribution in [1.82, 2.24) is 14.5 Å². The summed E-state index contributed by atoms with van der Waals surface area (Å²) in [4.78, 5) is 17.8. The van der Waals surface area contributed by atoms with Gasteiger partial charge in [-0.25, -0.2) is 4.98 Å². The van der Waals surface area contributed by atoms with Crippen LogP contribution in [0.25, 0.3) is 0 Å². The van der Waals surface area contributed by atoms with Crippen molar-refractivity contribution in [2.24, 2.45) is 5.73 Å². The molecule has 1 atom stereocenters. The van der Waals surface area contributed by atoms with Crippen LogP contribution in [0.3, 0.4) is 0 Å². The van der Waals surface area contributed by atoms with E-state index in [9.17, 15) is 4.79 Å². The molecule has 1 amide bonds. The van der Waals surface area contributed by atoms with E-state index in [0.717, 1.165) is 26.2 Å². The first kappa shape index (κ1) is 15.0. The number of amides is 1. The van der Waals surface area contributed by atoms with Crippen LogP contribution in [0, 0.1) is 0 Å². The molecule has 1 aliphatic rings. The number of aromatic nitrogens is 2. The molecule has 1 aromatic rings. The fourth-order valence-electron chi connectivity index (χ4n) is 2.94. The summed E-state index contributed by atoms with van der Waals surface area (Å²) in [5.41, 5.74) is 5.24. The van der Waals surface area contributed by atoms with Crippen molar-refractivity contribution in [3.63, 3.8) is 0 Å². The number of hydrogen-bond donors (Lipinski definition) is 1. The van der Waals surface area contributed by atoms with E-state index in [-0.39, 0.29) is 5.91 Å². The number of piperidine rings is 1. The number of hydrogen-bond acceptors (Lipinski definition) is 3. The molecular formula is C15H26N4O. The van der Waals surface area contributed by atoms with Crippen LogP contribution in [-0.2, 0) is 11.3 Å². The highest BCUT2D eigenvalue weighted by Crippen LogP contribution is 2.26. The van der Waals surface area contributed by atoms with Gasteiger partial charge in [-0.2, -0.15) is 0 Å². The number of carbonyl (C=O) groups excluding carboxylic acids is 1. The van der Waals surface area contributed by atoms with Crippen molar-refractivity contribution in [2.45, 2.75) is 51.5 Å². The summed E-state index contributed by atoms with van der Waals surface area (Å²) in [5, 5.41) is 0. The molecule has 2 rings (SSSR count). The predicted octanol–water partition coefficient (Wildman–Crippen LogP) is 1.74. The van der Waals surface area contributed by atoms with Gasteiger partial charge in [-0.05, 0) is 25.8 Å². The summed E-state index contributed by atoms with van der Waals surface area (Å²) in [6.07, 6.45) is 9.21. The number of carbonyl (C=O) groups is 1. The molecule has 0 radical (unpaired) electrons. The van der Waals surface area contributed by atoms with Crippen LogP contribution < -0.4 is 5.73 Å². The van der Waals surface area contributed by atoms with Crippen LogP contribution in [0.15, 0.2) is 12.4 Å². The van der Waals surface area contributed by atoms with Crippen LogP contribution in [0.2, 0.25) is 0 Å². The van der Waals surface area contributed by atoms with E-state index < -0.39 is 0 Å². The topological polar surface area (TPSA) is 64.2 Å². The maximum Gasteiger partial charge on any atom is 0.218 e. The molecular weight excluding hydrogens is 252 g/mol. The van der Waals surface area contributed by atoms with Crippen LogP contribution in [-0.4, -0.2) is 40.0 Å². The maximum absolute atomic E-state index is 10.9. The Morgan fingerprint density at radius 3 is 3.10 bits per heavy atom. The highest BCUT2D eigenvalue weighted by Gasteiger charge is 2.24. The molecule has 5 heteroatoms. The fourth-order valence-corrected chi connectivity index (χ4v) is 2.94. The van der Waals surface area contributed by atoms with E-state index in [1.165, 1.54) is 31.5 Å². The normalized spacial score (nSPS) is 20.1. The molecule has 2 N–H and O–H groups in total. The van der Waals surface area contributed by atoms with Crippen molar-refractivity contribution in [1.29, 1.82) is 0 Å². The molecule has 0 unspecified atom stereocenters. The number of likely N-dealkylation sites (tertiary alicyclic amines) is 1. The summed E-state index contributed by atoms with van der Waals surface area (Å²) < 4.78 is 2.30. The van der Waals surface area contributed by atoms with Gasteiger partial charge in [0.25, 0.3) is 0 Å². The van der Waals surface area contributed by atoms with Gasteiger partial charge in [-0.15, -0.1) is 0 Å². The third-order valence-corrected chi connectivity index (χ3v) is 4.05. The van der Waals surface area contributed by atoms with Gasteiger partial charge in [-0.1, -0.05) is 13.3 Å². The Hall–Kier alpha value is -1.36. The maximum atomic E-state index is 10.9.